The molecule has 3 aromatic carbocycles. The lowest BCUT2D eigenvalue weighted by Gasteiger charge is -2.19. The molecule has 7 N–H and O–H groups in total. The molecule has 1 unspecified atom stereocenters. The number of anilines is 2. The van der Waals surface area contributed by atoms with Gasteiger partial charge in [0.15, 0.2) is 0 Å². The second-order valence-corrected chi connectivity index (χ2v) is 10.8. The van der Waals surface area contributed by atoms with Crippen LogP contribution in [0.1, 0.15) is 69.6 Å². The van der Waals surface area contributed by atoms with Gasteiger partial charge in [-0.25, -0.2) is 0 Å². The third kappa shape index (κ3) is 8.94. The molecule has 0 fully saturated rings. The van der Waals surface area contributed by atoms with Crippen molar-refractivity contribution in [1.29, 1.82) is 5.41 Å². The predicted octanol–water partition coefficient (Wildman–Crippen LogP) is 6.27. The van der Waals surface area contributed by atoms with Crippen LogP contribution in [-0.4, -0.2) is 45.2 Å². The first-order valence-corrected chi connectivity index (χ1v) is 15.4. The monoisotopic (exact) mass is 638 g/mol. The quantitative estimate of drug-likeness (QED) is 0.0786. The van der Waals surface area contributed by atoms with Crippen LogP contribution in [-0.2, 0) is 14.4 Å². The van der Waals surface area contributed by atoms with E-state index in [0.717, 1.165) is 11.1 Å². The van der Waals surface area contributed by atoms with Crippen molar-refractivity contribution in [1.82, 2.24) is 9.88 Å². The van der Waals surface area contributed by atoms with Crippen LogP contribution in [0.25, 0.3) is 22.4 Å². The van der Waals surface area contributed by atoms with Gasteiger partial charge in [-0.2, -0.15) is 0 Å². The van der Waals surface area contributed by atoms with Crippen LogP contribution in [0.2, 0.25) is 0 Å². The van der Waals surface area contributed by atoms with Gasteiger partial charge in [0.25, 0.3) is 5.91 Å². The van der Waals surface area contributed by atoms with Crippen molar-refractivity contribution in [3.8, 4) is 22.4 Å². The summed E-state index contributed by atoms with van der Waals surface area (Å²) in [7, 11) is 0. The zero-order valence-electron chi connectivity index (χ0n) is 27.3. The number of carbonyl (C=O) groups is 4. The van der Waals surface area contributed by atoms with Gasteiger partial charge in [0, 0.05) is 36.2 Å². The number of nitrogens with zero attached hydrogens (tertiary/aromatic N) is 1. The Morgan fingerprint density at radius 1 is 0.851 bits per heavy atom. The lowest BCUT2D eigenvalue weighted by Crippen LogP contribution is -2.43. The highest BCUT2D eigenvalue weighted by molar-refractivity contribution is 6.15. The van der Waals surface area contributed by atoms with Crippen LogP contribution in [0.3, 0.4) is 0 Å². The number of amides is 3. The number of carboxylic acid groups (broad SMARTS) is 1. The number of hydrogen-bond acceptors (Lipinski definition) is 5. The molecule has 0 saturated carbocycles. The SMILES string of the molecule is CC.CC(=O)NC(CCC(=O)O)C(=O)Nc1c(-c2ccccc2)c(-c2ccccc2)n(C(C)C)c1C(=O)Nc1ccc(C(=N)N)cc1. The molecular formula is C36H42N6O5. The van der Waals surface area contributed by atoms with Gasteiger partial charge < -0.3 is 31.4 Å². The number of aromatic nitrogens is 1. The summed E-state index contributed by atoms with van der Waals surface area (Å²) in [6.07, 6.45) is -0.502. The van der Waals surface area contributed by atoms with Gasteiger partial charge in [-0.15, -0.1) is 0 Å². The van der Waals surface area contributed by atoms with Gasteiger partial charge >= 0.3 is 5.97 Å². The molecule has 11 heteroatoms. The van der Waals surface area contributed by atoms with Gasteiger partial charge in [0.05, 0.1) is 11.4 Å². The molecule has 0 aliphatic heterocycles. The highest BCUT2D eigenvalue weighted by atomic mass is 16.4. The Kier molecular flexibility index (Phi) is 12.6. The number of carbonyl (C=O) groups excluding carboxylic acids is 3. The zero-order chi connectivity index (χ0) is 34.7. The highest BCUT2D eigenvalue weighted by Gasteiger charge is 2.32. The van der Waals surface area contributed by atoms with Gasteiger partial charge in [-0.05, 0) is 55.7 Å². The van der Waals surface area contributed by atoms with Gasteiger partial charge in [-0.1, -0.05) is 74.5 Å². The minimum absolute atomic E-state index is 0.108. The van der Waals surface area contributed by atoms with Crippen LogP contribution >= 0.6 is 0 Å². The number of hydrogen-bond donors (Lipinski definition) is 6. The molecule has 0 aliphatic rings. The van der Waals surface area contributed by atoms with Crippen LogP contribution in [0.5, 0.6) is 0 Å². The second-order valence-electron chi connectivity index (χ2n) is 10.8. The molecule has 4 aromatic rings. The van der Waals surface area contributed by atoms with Gasteiger partial charge in [0.2, 0.25) is 11.8 Å². The number of nitrogens with one attached hydrogen (secondary N) is 4. The lowest BCUT2D eigenvalue weighted by atomic mass is 9.99. The van der Waals surface area contributed by atoms with E-state index in [-0.39, 0.29) is 36.1 Å². The minimum atomic E-state index is -1.17. The third-order valence-corrected chi connectivity index (χ3v) is 7.09. The summed E-state index contributed by atoms with van der Waals surface area (Å²) in [6.45, 7) is 9.10. The summed E-state index contributed by atoms with van der Waals surface area (Å²) in [5, 5.41) is 25.3. The molecule has 0 bridgehead atoms. The van der Waals surface area contributed by atoms with Crippen molar-refractivity contribution in [2.24, 2.45) is 5.73 Å². The van der Waals surface area contributed by atoms with E-state index in [2.05, 4.69) is 16.0 Å². The lowest BCUT2D eigenvalue weighted by molar-refractivity contribution is -0.137. The van der Waals surface area contributed by atoms with Crippen molar-refractivity contribution in [3.63, 3.8) is 0 Å². The average molecular weight is 639 g/mol. The maximum atomic E-state index is 14.3. The molecule has 3 amide bonds. The topological polar surface area (TPSA) is 179 Å². The predicted molar refractivity (Wildman–Crippen MR) is 186 cm³/mol. The summed E-state index contributed by atoms with van der Waals surface area (Å²) in [6, 6.07) is 23.9. The second kappa shape index (κ2) is 16.6. The smallest absolute Gasteiger partial charge is 0.303 e. The Morgan fingerprint density at radius 3 is 1.89 bits per heavy atom. The molecule has 1 atom stereocenters. The van der Waals surface area contributed by atoms with E-state index in [0.29, 0.717) is 22.5 Å². The molecule has 0 saturated heterocycles. The fraction of sp³-hybridized carbons (Fsp3) is 0.250. The number of aliphatic carboxylic acids is 1. The first kappa shape index (κ1) is 35.8. The molecule has 0 spiro atoms. The fourth-order valence-electron chi connectivity index (χ4n) is 5.13. The molecule has 11 nitrogen and oxygen atoms in total. The summed E-state index contributed by atoms with van der Waals surface area (Å²) in [5.41, 5.74) is 9.70. The number of carboxylic acids is 1. The van der Waals surface area contributed by atoms with Crippen molar-refractivity contribution in [2.45, 2.75) is 59.5 Å². The Labute approximate surface area is 274 Å². The van der Waals surface area contributed by atoms with Crippen molar-refractivity contribution >= 4 is 40.9 Å². The van der Waals surface area contributed by atoms with Gasteiger partial charge in [0.1, 0.15) is 17.6 Å². The van der Waals surface area contributed by atoms with E-state index in [1.807, 2.05) is 92.9 Å². The molecule has 0 radical (unpaired) electrons. The molecule has 47 heavy (non-hydrogen) atoms. The largest absolute Gasteiger partial charge is 0.481 e. The van der Waals surface area contributed by atoms with E-state index >= 15 is 0 Å². The van der Waals surface area contributed by atoms with Crippen molar-refractivity contribution in [3.05, 3.63) is 96.2 Å². The molecule has 246 valence electrons. The highest BCUT2D eigenvalue weighted by Crippen LogP contribution is 2.45. The normalized spacial score (nSPS) is 11.1. The Morgan fingerprint density at radius 2 is 1.40 bits per heavy atom. The van der Waals surface area contributed by atoms with Crippen LogP contribution in [0.4, 0.5) is 11.4 Å². The molecule has 1 heterocycles. The van der Waals surface area contributed by atoms with Gasteiger partial charge in [-0.3, -0.25) is 24.6 Å². The Hall–Kier alpha value is -5.71. The molecule has 4 rings (SSSR count). The number of nitrogen functional groups attached to an aromatic ring is 1. The molecule has 0 aliphatic carbocycles. The zero-order valence-corrected chi connectivity index (χ0v) is 27.3. The summed E-state index contributed by atoms with van der Waals surface area (Å²) in [4.78, 5) is 51.4. The summed E-state index contributed by atoms with van der Waals surface area (Å²) < 4.78 is 1.86. The summed E-state index contributed by atoms with van der Waals surface area (Å²) in [5.74, 6) is -2.90. The van der Waals surface area contributed by atoms with Crippen LogP contribution in [0, 0.1) is 5.41 Å². The number of rotatable bonds is 12. The van der Waals surface area contributed by atoms with Crippen LogP contribution < -0.4 is 21.7 Å². The van der Waals surface area contributed by atoms with Crippen LogP contribution in [0.15, 0.2) is 84.9 Å². The number of nitrogens with two attached hydrogens (primary N) is 1. The standard InChI is InChI=1S/C34H36N6O5.C2H6/c1-20(2)40-30(23-12-8-5-9-13-23)28(22-10-6-4-7-11-22)29(39-33(44)26(37-21(3)41)18-19-27(42)43)31(40)34(45)38-25-16-14-24(15-17-25)32(35)36;1-2/h4-17,20,26H,18-19H2,1-3H3,(H3,35,36)(H,37,41)(H,38,45)(H,39,44)(H,42,43);1-2H3. The van der Waals surface area contributed by atoms with E-state index in [4.69, 9.17) is 11.1 Å². The first-order chi connectivity index (χ1) is 22.5. The molecule has 1 aromatic heterocycles. The minimum Gasteiger partial charge on any atom is -0.481 e. The first-order valence-electron chi connectivity index (χ1n) is 15.4. The van der Waals surface area contributed by atoms with E-state index in [9.17, 15) is 24.3 Å². The van der Waals surface area contributed by atoms with Crippen molar-refractivity contribution < 1.29 is 24.3 Å². The number of amidine groups is 1. The maximum absolute atomic E-state index is 14.3. The van der Waals surface area contributed by atoms with E-state index < -0.39 is 29.7 Å². The average Bonchev–Trinajstić information content (AvgIpc) is 3.40. The Balaban J connectivity index is 0.00000294. The van der Waals surface area contributed by atoms with E-state index in [1.54, 1.807) is 24.3 Å². The maximum Gasteiger partial charge on any atom is 0.303 e. The number of benzene rings is 3. The summed E-state index contributed by atoms with van der Waals surface area (Å²) >= 11 is 0. The van der Waals surface area contributed by atoms with Crippen molar-refractivity contribution in [2.75, 3.05) is 10.6 Å². The molecular weight excluding hydrogens is 596 g/mol. The van der Waals surface area contributed by atoms with E-state index in [1.165, 1.54) is 6.92 Å². The fourth-order valence-corrected chi connectivity index (χ4v) is 5.13. The Bertz CT molecular complexity index is 1710. The third-order valence-electron chi connectivity index (χ3n) is 7.09.